The summed E-state index contributed by atoms with van der Waals surface area (Å²) >= 11 is 5.54. The number of amidine groups is 1. The molecule has 4 nitrogen and oxygen atoms in total. The van der Waals surface area contributed by atoms with E-state index in [1.807, 2.05) is 4.90 Å². The summed E-state index contributed by atoms with van der Waals surface area (Å²) in [4.78, 5) is 14.7. The van der Waals surface area contributed by atoms with Crippen LogP contribution in [-0.4, -0.2) is 53.6 Å². The van der Waals surface area contributed by atoms with Gasteiger partial charge in [-0.1, -0.05) is 0 Å². The average Bonchev–Trinajstić information content (AvgIpc) is 2.17. The van der Waals surface area contributed by atoms with Crippen molar-refractivity contribution in [3.8, 4) is 0 Å². The van der Waals surface area contributed by atoms with Crippen molar-refractivity contribution in [2.45, 2.75) is 6.92 Å². The molecule has 1 rings (SSSR count). The summed E-state index contributed by atoms with van der Waals surface area (Å²) in [6.45, 7) is 4.43. The molecule has 1 aliphatic heterocycles. The Morgan fingerprint density at radius 1 is 1.31 bits per heavy atom. The molecule has 0 aromatic rings. The lowest BCUT2D eigenvalue weighted by Crippen LogP contribution is -2.50. The minimum Gasteiger partial charge on any atom is -0.356 e. The van der Waals surface area contributed by atoms with Gasteiger partial charge in [-0.05, 0) is 0 Å². The quantitative estimate of drug-likeness (QED) is 0.380. The lowest BCUT2D eigenvalue weighted by atomic mass is 10.3. The molecule has 1 saturated heterocycles. The van der Waals surface area contributed by atoms with Crippen molar-refractivity contribution in [2.75, 3.05) is 32.1 Å². The molecule has 0 bridgehead atoms. The van der Waals surface area contributed by atoms with Crippen molar-refractivity contribution in [2.24, 2.45) is 0 Å². The van der Waals surface area contributed by atoms with Crippen LogP contribution in [0.15, 0.2) is 0 Å². The van der Waals surface area contributed by atoms with Crippen LogP contribution in [0.5, 0.6) is 0 Å². The Hall–Kier alpha value is -0.770. The number of nitrogens with zero attached hydrogens (tertiary/aromatic N) is 2. The number of halogens is 1. The maximum atomic E-state index is 11.0. The Bertz CT molecular complexity index is 211. The summed E-state index contributed by atoms with van der Waals surface area (Å²) in [5.74, 6) is 0.807. The summed E-state index contributed by atoms with van der Waals surface area (Å²) in [6.07, 6.45) is 0. The summed E-state index contributed by atoms with van der Waals surface area (Å²) in [7, 11) is 0. The molecule has 13 heavy (non-hydrogen) atoms. The minimum atomic E-state index is 0.108. The number of carbonyl (C=O) groups excluding carboxylic acids is 1. The van der Waals surface area contributed by atoms with Gasteiger partial charge >= 0.3 is 0 Å². The minimum absolute atomic E-state index is 0.108. The molecular formula is C8H14ClN3O. The van der Waals surface area contributed by atoms with Gasteiger partial charge in [-0.25, -0.2) is 0 Å². The molecule has 0 spiro atoms. The topological polar surface area (TPSA) is 47.4 Å². The number of piperazine rings is 1. The third-order valence-electron chi connectivity index (χ3n) is 2.23. The van der Waals surface area contributed by atoms with E-state index < -0.39 is 0 Å². The highest BCUT2D eigenvalue weighted by Gasteiger charge is 2.19. The van der Waals surface area contributed by atoms with Crippen LogP contribution in [0.3, 0.4) is 0 Å². The molecule has 0 saturated carbocycles. The zero-order chi connectivity index (χ0) is 9.84. The number of alkyl halides is 1. The molecule has 0 aromatic carbocycles. The van der Waals surface area contributed by atoms with Crippen molar-refractivity contribution in [3.05, 3.63) is 0 Å². The molecule has 0 radical (unpaired) electrons. The molecule has 0 aliphatic carbocycles. The van der Waals surface area contributed by atoms with Crippen molar-refractivity contribution in [1.82, 2.24) is 9.80 Å². The smallest absolute Gasteiger partial charge is 0.219 e. The molecule has 74 valence electrons. The normalized spacial score (nSPS) is 17.4. The third-order valence-corrected chi connectivity index (χ3v) is 2.49. The van der Waals surface area contributed by atoms with Gasteiger partial charge in [0.05, 0.1) is 5.88 Å². The second-order valence-electron chi connectivity index (χ2n) is 3.07. The van der Waals surface area contributed by atoms with Gasteiger partial charge in [0.15, 0.2) is 0 Å². The number of carbonyl (C=O) groups is 1. The Labute approximate surface area is 83.0 Å². The fourth-order valence-corrected chi connectivity index (χ4v) is 1.54. The molecule has 0 atom stereocenters. The van der Waals surface area contributed by atoms with E-state index in [0.29, 0.717) is 18.9 Å². The maximum Gasteiger partial charge on any atom is 0.219 e. The molecule has 1 heterocycles. The van der Waals surface area contributed by atoms with Crippen LogP contribution >= 0.6 is 11.6 Å². The van der Waals surface area contributed by atoms with Gasteiger partial charge in [-0.15, -0.1) is 11.6 Å². The molecule has 0 unspecified atom stereocenters. The van der Waals surface area contributed by atoms with Crippen LogP contribution in [0.25, 0.3) is 0 Å². The summed E-state index contributed by atoms with van der Waals surface area (Å²) in [6, 6.07) is 0. The highest BCUT2D eigenvalue weighted by atomic mass is 35.5. The van der Waals surface area contributed by atoms with Crippen molar-refractivity contribution in [1.29, 1.82) is 5.41 Å². The fourth-order valence-electron chi connectivity index (χ4n) is 1.38. The first-order chi connectivity index (χ1) is 6.15. The van der Waals surface area contributed by atoms with E-state index in [1.54, 1.807) is 11.8 Å². The Kier molecular flexibility index (Phi) is 3.54. The van der Waals surface area contributed by atoms with E-state index in [2.05, 4.69) is 0 Å². The number of rotatable bonds is 1. The van der Waals surface area contributed by atoms with Gasteiger partial charge in [0.2, 0.25) is 5.91 Å². The van der Waals surface area contributed by atoms with E-state index in [4.69, 9.17) is 17.0 Å². The second-order valence-corrected chi connectivity index (χ2v) is 3.34. The van der Waals surface area contributed by atoms with Crippen molar-refractivity contribution >= 4 is 23.3 Å². The number of nitrogens with one attached hydrogen (secondary N) is 1. The average molecular weight is 204 g/mol. The third kappa shape index (κ3) is 2.59. The molecule has 0 aromatic heterocycles. The van der Waals surface area contributed by atoms with Gasteiger partial charge in [0.1, 0.15) is 5.84 Å². The zero-order valence-electron chi connectivity index (χ0n) is 7.72. The van der Waals surface area contributed by atoms with Gasteiger partial charge in [0, 0.05) is 33.1 Å². The summed E-state index contributed by atoms with van der Waals surface area (Å²) < 4.78 is 0. The van der Waals surface area contributed by atoms with Crippen LogP contribution in [-0.2, 0) is 4.79 Å². The molecule has 5 heteroatoms. The highest BCUT2D eigenvalue weighted by molar-refractivity contribution is 6.27. The van der Waals surface area contributed by atoms with Crippen molar-refractivity contribution in [3.63, 3.8) is 0 Å². The van der Waals surface area contributed by atoms with Crippen LogP contribution < -0.4 is 0 Å². The monoisotopic (exact) mass is 203 g/mol. The standard InChI is InChI=1S/C8H14ClN3O/c1-7(13)11-2-4-12(5-3-11)8(10)6-9/h10H,2-6H2,1H3. The maximum absolute atomic E-state index is 11.0. The molecule has 1 N–H and O–H groups in total. The lowest BCUT2D eigenvalue weighted by molar-refractivity contribution is -0.130. The number of amides is 1. The van der Waals surface area contributed by atoms with Crippen LogP contribution in [0.1, 0.15) is 6.92 Å². The lowest BCUT2D eigenvalue weighted by Gasteiger charge is -2.35. The predicted octanol–water partition coefficient (Wildman–Crippen LogP) is 0.367. The molecular weight excluding hydrogens is 190 g/mol. The zero-order valence-corrected chi connectivity index (χ0v) is 8.47. The van der Waals surface area contributed by atoms with Gasteiger partial charge in [0.25, 0.3) is 0 Å². The van der Waals surface area contributed by atoms with Gasteiger partial charge in [-0.3, -0.25) is 10.2 Å². The highest BCUT2D eigenvalue weighted by Crippen LogP contribution is 2.03. The largest absolute Gasteiger partial charge is 0.356 e. The Balaban J connectivity index is 2.39. The van der Waals surface area contributed by atoms with E-state index >= 15 is 0 Å². The fraction of sp³-hybridized carbons (Fsp3) is 0.750. The molecule has 1 aliphatic rings. The van der Waals surface area contributed by atoms with E-state index in [1.165, 1.54) is 0 Å². The van der Waals surface area contributed by atoms with E-state index in [9.17, 15) is 4.79 Å². The first-order valence-corrected chi connectivity index (χ1v) is 4.82. The van der Waals surface area contributed by atoms with Gasteiger partial charge in [-0.2, -0.15) is 0 Å². The number of hydrogen-bond donors (Lipinski definition) is 1. The van der Waals surface area contributed by atoms with Crippen LogP contribution in [0, 0.1) is 5.41 Å². The first-order valence-electron chi connectivity index (χ1n) is 4.29. The SMILES string of the molecule is CC(=O)N1CCN(C(=N)CCl)CC1. The second kappa shape index (κ2) is 4.46. The van der Waals surface area contributed by atoms with Gasteiger partial charge < -0.3 is 9.80 Å². The Morgan fingerprint density at radius 3 is 2.15 bits per heavy atom. The van der Waals surface area contributed by atoms with E-state index in [-0.39, 0.29) is 11.8 Å². The molecule has 1 fully saturated rings. The van der Waals surface area contributed by atoms with Crippen LogP contribution in [0.4, 0.5) is 0 Å². The Morgan fingerprint density at radius 2 is 1.77 bits per heavy atom. The number of hydrogen-bond acceptors (Lipinski definition) is 2. The molecule has 1 amide bonds. The van der Waals surface area contributed by atoms with Crippen molar-refractivity contribution < 1.29 is 4.79 Å². The summed E-state index contributed by atoms with van der Waals surface area (Å²) in [5, 5.41) is 7.50. The van der Waals surface area contributed by atoms with Crippen LogP contribution in [0.2, 0.25) is 0 Å². The van der Waals surface area contributed by atoms with E-state index in [0.717, 1.165) is 13.1 Å². The first kappa shape index (κ1) is 10.3. The summed E-state index contributed by atoms with van der Waals surface area (Å²) in [5.41, 5.74) is 0. The predicted molar refractivity (Wildman–Crippen MR) is 52.3 cm³/mol.